The van der Waals surface area contributed by atoms with Gasteiger partial charge in [0.2, 0.25) is 11.8 Å². The molecule has 2 aliphatic heterocycles. The number of amides is 2. The molecule has 0 spiro atoms. The maximum atomic E-state index is 12.6. The number of piperidine rings is 1. The summed E-state index contributed by atoms with van der Waals surface area (Å²) >= 11 is 1.99. The van der Waals surface area contributed by atoms with Crippen LogP contribution in [-0.2, 0) is 9.59 Å². The number of carbonyl (C=O) groups excluding carboxylic acids is 2. The largest absolute Gasteiger partial charge is 0.356 e. The lowest BCUT2D eigenvalue weighted by Gasteiger charge is -2.37. The van der Waals surface area contributed by atoms with Gasteiger partial charge in [-0.3, -0.25) is 9.59 Å². The minimum Gasteiger partial charge on any atom is -0.356 e. The van der Waals surface area contributed by atoms with E-state index in [1.54, 1.807) is 6.92 Å². The van der Waals surface area contributed by atoms with Crippen molar-refractivity contribution in [1.29, 1.82) is 0 Å². The Labute approximate surface area is 150 Å². The molecule has 2 N–H and O–H groups in total. The predicted octanol–water partition coefficient (Wildman–Crippen LogP) is 2.22. The highest BCUT2D eigenvalue weighted by atomic mass is 32.2. The third-order valence-corrected chi connectivity index (χ3v) is 6.56. The van der Waals surface area contributed by atoms with E-state index >= 15 is 0 Å². The van der Waals surface area contributed by atoms with Gasteiger partial charge in [0.05, 0.1) is 5.37 Å². The van der Waals surface area contributed by atoms with Gasteiger partial charge < -0.3 is 15.5 Å². The Morgan fingerprint density at radius 2 is 2.21 bits per heavy atom. The summed E-state index contributed by atoms with van der Waals surface area (Å²) in [6.45, 7) is 8.33. The van der Waals surface area contributed by atoms with Gasteiger partial charge in [-0.2, -0.15) is 0 Å². The average molecular weight is 356 g/mol. The molecule has 2 heterocycles. The second-order valence-electron chi connectivity index (χ2n) is 7.27. The van der Waals surface area contributed by atoms with Gasteiger partial charge in [-0.25, -0.2) is 0 Å². The van der Waals surface area contributed by atoms with Gasteiger partial charge in [0.1, 0.15) is 0 Å². The molecule has 2 amide bonds. The number of carbonyl (C=O) groups is 2. The lowest BCUT2D eigenvalue weighted by Crippen LogP contribution is -2.47. The van der Waals surface area contributed by atoms with E-state index in [1.807, 2.05) is 11.8 Å². The zero-order valence-electron chi connectivity index (χ0n) is 15.3. The highest BCUT2D eigenvalue weighted by Gasteiger charge is 2.35. The minimum absolute atomic E-state index is 0.0415. The normalized spacial score (nSPS) is 28.6. The molecule has 0 radical (unpaired) electrons. The molecule has 2 rings (SSSR count). The van der Waals surface area contributed by atoms with Crippen molar-refractivity contribution in [2.75, 3.05) is 25.4 Å². The standard InChI is InChI=1S/C18H33N3O2S/c1-4-6-13(2)18(23)21-10-5-7-15(11-21)17-20-16(12-24-17)8-9-19-14(3)22/h13,15-17,20H,4-12H2,1-3H3,(H,19,22). The van der Waals surface area contributed by atoms with Gasteiger partial charge in [0, 0.05) is 50.2 Å². The highest BCUT2D eigenvalue weighted by Crippen LogP contribution is 2.32. The summed E-state index contributed by atoms with van der Waals surface area (Å²) in [6.07, 6.45) is 5.35. The van der Waals surface area contributed by atoms with Crippen molar-refractivity contribution in [2.45, 2.75) is 64.3 Å². The summed E-state index contributed by atoms with van der Waals surface area (Å²) in [7, 11) is 0. The van der Waals surface area contributed by atoms with Gasteiger partial charge in [-0.05, 0) is 25.7 Å². The molecule has 4 unspecified atom stereocenters. The predicted molar refractivity (Wildman–Crippen MR) is 99.8 cm³/mol. The molecule has 0 saturated carbocycles. The Kier molecular flexibility index (Phi) is 7.88. The van der Waals surface area contributed by atoms with E-state index < -0.39 is 0 Å². The zero-order chi connectivity index (χ0) is 17.5. The van der Waals surface area contributed by atoms with Crippen molar-refractivity contribution in [3.63, 3.8) is 0 Å². The van der Waals surface area contributed by atoms with E-state index in [2.05, 4.69) is 29.4 Å². The summed E-state index contributed by atoms with van der Waals surface area (Å²) < 4.78 is 0. The first-order valence-electron chi connectivity index (χ1n) is 9.42. The monoisotopic (exact) mass is 355 g/mol. The molecule has 0 aromatic heterocycles. The fourth-order valence-corrected chi connectivity index (χ4v) is 5.22. The molecule has 5 nitrogen and oxygen atoms in total. The van der Waals surface area contributed by atoms with Gasteiger partial charge in [0.25, 0.3) is 0 Å². The molecule has 24 heavy (non-hydrogen) atoms. The van der Waals surface area contributed by atoms with Gasteiger partial charge in [-0.15, -0.1) is 11.8 Å². The summed E-state index contributed by atoms with van der Waals surface area (Å²) in [5.41, 5.74) is 0. The Morgan fingerprint density at radius 3 is 2.92 bits per heavy atom. The smallest absolute Gasteiger partial charge is 0.225 e. The van der Waals surface area contributed by atoms with Crippen molar-refractivity contribution >= 4 is 23.6 Å². The number of thioether (sulfide) groups is 1. The second-order valence-corrected chi connectivity index (χ2v) is 8.44. The van der Waals surface area contributed by atoms with Crippen LogP contribution < -0.4 is 10.6 Å². The van der Waals surface area contributed by atoms with Crippen LogP contribution in [0.5, 0.6) is 0 Å². The van der Waals surface area contributed by atoms with Crippen LogP contribution in [0.15, 0.2) is 0 Å². The van der Waals surface area contributed by atoms with Gasteiger partial charge >= 0.3 is 0 Å². The first-order valence-corrected chi connectivity index (χ1v) is 10.5. The van der Waals surface area contributed by atoms with Crippen LogP contribution in [-0.4, -0.2) is 53.5 Å². The van der Waals surface area contributed by atoms with Crippen molar-refractivity contribution in [2.24, 2.45) is 11.8 Å². The van der Waals surface area contributed by atoms with Crippen molar-refractivity contribution in [3.8, 4) is 0 Å². The Morgan fingerprint density at radius 1 is 1.42 bits per heavy atom. The summed E-state index contributed by atoms with van der Waals surface area (Å²) in [4.78, 5) is 25.6. The first kappa shape index (κ1) is 19.6. The molecule has 0 aromatic carbocycles. The first-order chi connectivity index (χ1) is 11.5. The molecule has 4 atom stereocenters. The summed E-state index contributed by atoms with van der Waals surface area (Å²) in [5, 5.41) is 7.04. The number of likely N-dealkylation sites (tertiary alicyclic amines) is 1. The van der Waals surface area contributed by atoms with Crippen molar-refractivity contribution < 1.29 is 9.59 Å². The average Bonchev–Trinajstić information content (AvgIpc) is 3.03. The van der Waals surface area contributed by atoms with E-state index in [9.17, 15) is 9.59 Å². The molecule has 2 fully saturated rings. The van der Waals surface area contributed by atoms with Gasteiger partial charge in [0.15, 0.2) is 0 Å². The molecule has 6 heteroatoms. The fourth-order valence-electron chi connectivity index (χ4n) is 3.74. The number of hydrogen-bond acceptors (Lipinski definition) is 4. The number of hydrogen-bond donors (Lipinski definition) is 2. The summed E-state index contributed by atoms with van der Waals surface area (Å²) in [5.74, 6) is 2.18. The molecule has 138 valence electrons. The molecular formula is C18H33N3O2S. The third kappa shape index (κ3) is 5.66. The van der Waals surface area contributed by atoms with Crippen molar-refractivity contribution in [3.05, 3.63) is 0 Å². The molecule has 0 bridgehead atoms. The third-order valence-electron chi connectivity index (χ3n) is 5.08. The van der Waals surface area contributed by atoms with Crippen LogP contribution in [0, 0.1) is 11.8 Å². The van der Waals surface area contributed by atoms with Crippen LogP contribution in [0.2, 0.25) is 0 Å². The Balaban J connectivity index is 1.78. The van der Waals surface area contributed by atoms with Crippen LogP contribution in [0.1, 0.15) is 52.9 Å². The van der Waals surface area contributed by atoms with E-state index in [0.717, 1.165) is 51.1 Å². The lowest BCUT2D eigenvalue weighted by atomic mass is 9.95. The SMILES string of the molecule is CCCC(C)C(=O)N1CCCC(C2NC(CCNC(C)=O)CS2)C1. The molecule has 2 saturated heterocycles. The van der Waals surface area contributed by atoms with Crippen LogP contribution in [0.3, 0.4) is 0 Å². The van der Waals surface area contributed by atoms with E-state index in [-0.39, 0.29) is 11.8 Å². The van der Waals surface area contributed by atoms with Crippen molar-refractivity contribution in [1.82, 2.24) is 15.5 Å². The molecule has 2 aliphatic rings. The quantitative estimate of drug-likeness (QED) is 0.735. The zero-order valence-corrected chi connectivity index (χ0v) is 16.2. The van der Waals surface area contributed by atoms with Gasteiger partial charge in [-0.1, -0.05) is 20.3 Å². The minimum atomic E-state index is 0.0415. The number of nitrogens with one attached hydrogen (secondary N) is 2. The Hall–Kier alpha value is -0.750. The van der Waals surface area contributed by atoms with E-state index in [1.165, 1.54) is 6.42 Å². The number of rotatable bonds is 7. The maximum absolute atomic E-state index is 12.6. The molecule has 0 aliphatic carbocycles. The van der Waals surface area contributed by atoms with Crippen LogP contribution in [0.25, 0.3) is 0 Å². The van der Waals surface area contributed by atoms with Crippen LogP contribution in [0.4, 0.5) is 0 Å². The van der Waals surface area contributed by atoms with E-state index in [0.29, 0.717) is 23.2 Å². The summed E-state index contributed by atoms with van der Waals surface area (Å²) in [6, 6.07) is 0.469. The molecule has 0 aromatic rings. The topological polar surface area (TPSA) is 61.4 Å². The number of nitrogens with zero attached hydrogens (tertiary/aromatic N) is 1. The van der Waals surface area contributed by atoms with Crippen LogP contribution >= 0.6 is 11.8 Å². The van der Waals surface area contributed by atoms with E-state index in [4.69, 9.17) is 0 Å². The highest BCUT2D eigenvalue weighted by molar-refractivity contribution is 8.00. The molecular weight excluding hydrogens is 322 g/mol. The second kappa shape index (κ2) is 9.66. The lowest BCUT2D eigenvalue weighted by molar-refractivity contribution is -0.137. The maximum Gasteiger partial charge on any atom is 0.225 e. The fraction of sp³-hybridized carbons (Fsp3) is 0.889. The Bertz CT molecular complexity index is 432.